The highest BCUT2D eigenvalue weighted by Crippen LogP contribution is 2.24. The summed E-state index contributed by atoms with van der Waals surface area (Å²) >= 11 is 0. The topological polar surface area (TPSA) is 50.4 Å². The lowest BCUT2D eigenvalue weighted by Gasteiger charge is -2.25. The molecule has 1 aromatic rings. The van der Waals surface area contributed by atoms with Crippen molar-refractivity contribution in [1.82, 2.24) is 10.6 Å². The molecule has 116 valence electrons. The minimum atomic E-state index is -0.0937. The molecule has 4 nitrogen and oxygen atoms in total. The minimum Gasteiger partial charge on any atom is -0.381 e. The van der Waals surface area contributed by atoms with Crippen LogP contribution in [0.2, 0.25) is 0 Å². The van der Waals surface area contributed by atoms with Crippen LogP contribution in [0.1, 0.15) is 37.4 Å². The van der Waals surface area contributed by atoms with E-state index in [1.165, 1.54) is 11.1 Å². The second kappa shape index (κ2) is 7.46. The van der Waals surface area contributed by atoms with Gasteiger partial charge in [0.15, 0.2) is 0 Å². The zero-order valence-electron chi connectivity index (χ0n) is 13.2. The Bertz CT molecular complexity index is 468. The highest BCUT2D eigenvalue weighted by molar-refractivity contribution is 5.74. The van der Waals surface area contributed by atoms with E-state index in [1.807, 2.05) is 12.1 Å². The molecule has 0 spiro atoms. The van der Waals surface area contributed by atoms with E-state index >= 15 is 0 Å². The van der Waals surface area contributed by atoms with Gasteiger partial charge in [-0.05, 0) is 30.4 Å². The van der Waals surface area contributed by atoms with Crippen LogP contribution in [-0.2, 0) is 4.74 Å². The zero-order chi connectivity index (χ0) is 15.2. The number of carbonyl (C=O) groups is 1. The van der Waals surface area contributed by atoms with E-state index in [1.54, 1.807) is 0 Å². The van der Waals surface area contributed by atoms with Crippen molar-refractivity contribution in [3.05, 3.63) is 35.4 Å². The molecular weight excluding hydrogens is 264 g/mol. The minimum absolute atomic E-state index is 0.0334. The maximum Gasteiger partial charge on any atom is 0.315 e. The van der Waals surface area contributed by atoms with Crippen molar-refractivity contribution in [2.45, 2.75) is 33.2 Å². The Morgan fingerprint density at radius 3 is 2.76 bits per heavy atom. The summed E-state index contributed by atoms with van der Waals surface area (Å²) in [4.78, 5) is 12.1. The van der Waals surface area contributed by atoms with Gasteiger partial charge in [0.1, 0.15) is 0 Å². The third-order valence-corrected chi connectivity index (χ3v) is 4.05. The fourth-order valence-corrected chi connectivity index (χ4v) is 2.71. The van der Waals surface area contributed by atoms with E-state index in [4.69, 9.17) is 4.74 Å². The molecule has 21 heavy (non-hydrogen) atoms. The van der Waals surface area contributed by atoms with Gasteiger partial charge in [0.2, 0.25) is 0 Å². The number of amides is 2. The number of hydrogen-bond donors (Lipinski definition) is 2. The molecule has 0 bridgehead atoms. The van der Waals surface area contributed by atoms with Crippen LogP contribution < -0.4 is 10.6 Å². The van der Waals surface area contributed by atoms with Gasteiger partial charge in [-0.1, -0.05) is 38.1 Å². The van der Waals surface area contributed by atoms with E-state index in [0.29, 0.717) is 18.4 Å². The predicted octanol–water partition coefficient (Wildman–Crippen LogP) is 3.03. The lowest BCUT2D eigenvalue weighted by molar-refractivity contribution is 0.184. The second-order valence-electron chi connectivity index (χ2n) is 6.16. The maximum atomic E-state index is 12.1. The normalized spacial score (nSPS) is 19.5. The SMILES string of the molecule is Cc1ccccc1[C@H](NC(=O)NC[C@@H]1CCOC1)C(C)C. The van der Waals surface area contributed by atoms with Gasteiger partial charge in [-0.2, -0.15) is 0 Å². The third-order valence-electron chi connectivity index (χ3n) is 4.05. The monoisotopic (exact) mass is 290 g/mol. The van der Waals surface area contributed by atoms with Crippen molar-refractivity contribution in [2.24, 2.45) is 11.8 Å². The molecule has 1 aromatic carbocycles. The summed E-state index contributed by atoms with van der Waals surface area (Å²) in [6.45, 7) is 8.59. The first kappa shape index (κ1) is 15.8. The van der Waals surface area contributed by atoms with Gasteiger partial charge in [-0.15, -0.1) is 0 Å². The van der Waals surface area contributed by atoms with Crippen molar-refractivity contribution in [1.29, 1.82) is 0 Å². The fraction of sp³-hybridized carbons (Fsp3) is 0.588. The first-order chi connectivity index (χ1) is 10.1. The molecular formula is C17H26N2O2. The van der Waals surface area contributed by atoms with Crippen LogP contribution in [0.4, 0.5) is 4.79 Å². The first-order valence-corrected chi connectivity index (χ1v) is 7.75. The number of ether oxygens (including phenoxy) is 1. The number of hydrogen-bond acceptors (Lipinski definition) is 2. The Kier molecular flexibility index (Phi) is 5.62. The maximum absolute atomic E-state index is 12.1. The molecule has 4 heteroatoms. The van der Waals surface area contributed by atoms with Crippen LogP contribution in [0, 0.1) is 18.8 Å². The number of carbonyl (C=O) groups excluding carboxylic acids is 1. The van der Waals surface area contributed by atoms with E-state index in [0.717, 1.165) is 19.6 Å². The van der Waals surface area contributed by atoms with Gasteiger partial charge in [0, 0.05) is 19.1 Å². The highest BCUT2D eigenvalue weighted by atomic mass is 16.5. The van der Waals surface area contributed by atoms with Gasteiger partial charge >= 0.3 is 6.03 Å². The van der Waals surface area contributed by atoms with Crippen molar-refractivity contribution >= 4 is 6.03 Å². The molecule has 0 radical (unpaired) electrons. The molecule has 2 atom stereocenters. The van der Waals surface area contributed by atoms with Crippen LogP contribution in [0.5, 0.6) is 0 Å². The van der Waals surface area contributed by atoms with Crippen LogP contribution in [-0.4, -0.2) is 25.8 Å². The van der Waals surface area contributed by atoms with Crippen molar-refractivity contribution in [2.75, 3.05) is 19.8 Å². The molecule has 1 heterocycles. The van der Waals surface area contributed by atoms with Crippen molar-refractivity contribution in [3.63, 3.8) is 0 Å². The Morgan fingerprint density at radius 2 is 2.14 bits per heavy atom. The molecule has 2 N–H and O–H groups in total. The van der Waals surface area contributed by atoms with Crippen LogP contribution >= 0.6 is 0 Å². The van der Waals surface area contributed by atoms with E-state index < -0.39 is 0 Å². The number of urea groups is 1. The molecule has 0 aromatic heterocycles. The Balaban J connectivity index is 1.93. The van der Waals surface area contributed by atoms with Gasteiger partial charge < -0.3 is 15.4 Å². The molecule has 1 saturated heterocycles. The average molecular weight is 290 g/mol. The van der Waals surface area contributed by atoms with E-state index in [2.05, 4.69) is 43.5 Å². The number of rotatable bonds is 5. The molecule has 1 aliphatic rings. The molecule has 0 aliphatic carbocycles. The summed E-state index contributed by atoms with van der Waals surface area (Å²) in [5, 5.41) is 6.08. The molecule has 0 saturated carbocycles. The number of nitrogens with one attached hydrogen (secondary N) is 2. The molecule has 0 unspecified atom stereocenters. The number of aryl methyl sites for hydroxylation is 1. The standard InChI is InChI=1S/C17H26N2O2/c1-12(2)16(15-7-5-4-6-13(15)3)19-17(20)18-10-14-8-9-21-11-14/h4-7,12,14,16H,8-11H2,1-3H3,(H2,18,19,20)/t14-,16+/m0/s1. The fourth-order valence-electron chi connectivity index (χ4n) is 2.71. The van der Waals surface area contributed by atoms with Gasteiger partial charge in [0.05, 0.1) is 12.6 Å². The summed E-state index contributed by atoms with van der Waals surface area (Å²) in [5.74, 6) is 0.790. The molecule has 1 aliphatic heterocycles. The summed E-state index contributed by atoms with van der Waals surface area (Å²) < 4.78 is 5.32. The average Bonchev–Trinajstić information content (AvgIpc) is 2.96. The van der Waals surface area contributed by atoms with Crippen molar-refractivity contribution in [3.8, 4) is 0 Å². The van der Waals surface area contributed by atoms with Crippen LogP contribution in [0.25, 0.3) is 0 Å². The lowest BCUT2D eigenvalue weighted by atomic mass is 9.93. The summed E-state index contributed by atoms with van der Waals surface area (Å²) in [6, 6.07) is 8.16. The Morgan fingerprint density at radius 1 is 1.38 bits per heavy atom. The van der Waals surface area contributed by atoms with E-state index in [-0.39, 0.29) is 12.1 Å². The largest absolute Gasteiger partial charge is 0.381 e. The summed E-state index contributed by atoms with van der Waals surface area (Å²) in [7, 11) is 0. The number of benzene rings is 1. The van der Waals surface area contributed by atoms with Gasteiger partial charge in [0.25, 0.3) is 0 Å². The third kappa shape index (κ3) is 4.46. The van der Waals surface area contributed by atoms with Crippen molar-refractivity contribution < 1.29 is 9.53 Å². The molecule has 2 rings (SSSR count). The van der Waals surface area contributed by atoms with E-state index in [9.17, 15) is 4.79 Å². The highest BCUT2D eigenvalue weighted by Gasteiger charge is 2.21. The second-order valence-corrected chi connectivity index (χ2v) is 6.16. The summed E-state index contributed by atoms with van der Waals surface area (Å²) in [6.07, 6.45) is 1.03. The lowest BCUT2D eigenvalue weighted by Crippen LogP contribution is -2.41. The quantitative estimate of drug-likeness (QED) is 0.875. The summed E-state index contributed by atoms with van der Waals surface area (Å²) in [5.41, 5.74) is 2.40. The zero-order valence-corrected chi connectivity index (χ0v) is 13.2. The molecule has 1 fully saturated rings. The first-order valence-electron chi connectivity index (χ1n) is 7.75. The Hall–Kier alpha value is -1.55. The Labute approximate surface area is 127 Å². The predicted molar refractivity (Wildman–Crippen MR) is 84.2 cm³/mol. The van der Waals surface area contributed by atoms with Gasteiger partial charge in [-0.25, -0.2) is 4.79 Å². The van der Waals surface area contributed by atoms with Gasteiger partial charge in [-0.3, -0.25) is 0 Å². The molecule has 2 amide bonds. The van der Waals surface area contributed by atoms with Crippen LogP contribution in [0.15, 0.2) is 24.3 Å². The smallest absolute Gasteiger partial charge is 0.315 e. The van der Waals surface area contributed by atoms with Crippen LogP contribution in [0.3, 0.4) is 0 Å².